The molecule has 116 valence electrons. The third-order valence-electron chi connectivity index (χ3n) is 3.19. The molecule has 0 aromatic carbocycles. The Bertz CT molecular complexity index is 497. The molecule has 2 rings (SSSR count). The second-order valence-electron chi connectivity index (χ2n) is 4.83. The SMILES string of the molecule is COCCOCCN(C(=O)c1cc(Br)cnc1Cl)C1CC1. The summed E-state index contributed by atoms with van der Waals surface area (Å²) in [4.78, 5) is 18.4. The summed E-state index contributed by atoms with van der Waals surface area (Å²) in [7, 11) is 1.63. The fourth-order valence-corrected chi connectivity index (χ4v) is 2.49. The molecule has 1 aliphatic rings. The van der Waals surface area contributed by atoms with Gasteiger partial charge in [0.15, 0.2) is 0 Å². The lowest BCUT2D eigenvalue weighted by Gasteiger charge is -2.22. The van der Waals surface area contributed by atoms with Gasteiger partial charge in [-0.3, -0.25) is 4.79 Å². The second kappa shape index (κ2) is 8.08. The van der Waals surface area contributed by atoms with Crippen molar-refractivity contribution >= 4 is 33.4 Å². The summed E-state index contributed by atoms with van der Waals surface area (Å²) in [6.45, 7) is 2.13. The molecule has 1 aromatic rings. The van der Waals surface area contributed by atoms with E-state index in [1.165, 1.54) is 0 Å². The van der Waals surface area contributed by atoms with Crippen LogP contribution in [0.5, 0.6) is 0 Å². The highest BCUT2D eigenvalue weighted by Crippen LogP contribution is 2.29. The van der Waals surface area contributed by atoms with Crippen LogP contribution in [0.3, 0.4) is 0 Å². The topological polar surface area (TPSA) is 51.7 Å². The predicted octanol–water partition coefficient (Wildman–Crippen LogP) is 2.77. The van der Waals surface area contributed by atoms with Crippen molar-refractivity contribution in [1.29, 1.82) is 0 Å². The lowest BCUT2D eigenvalue weighted by Crippen LogP contribution is -2.36. The number of halogens is 2. The summed E-state index contributed by atoms with van der Waals surface area (Å²) in [5.74, 6) is -0.0911. The Balaban J connectivity index is 1.97. The maximum atomic E-state index is 12.6. The molecule has 1 saturated carbocycles. The fourth-order valence-electron chi connectivity index (χ4n) is 1.97. The zero-order valence-corrected chi connectivity index (χ0v) is 14.2. The van der Waals surface area contributed by atoms with Gasteiger partial charge in [-0.05, 0) is 34.8 Å². The molecule has 0 saturated heterocycles. The number of nitrogens with zero attached hydrogens (tertiary/aromatic N) is 2. The second-order valence-corrected chi connectivity index (χ2v) is 6.10. The zero-order chi connectivity index (χ0) is 15.2. The highest BCUT2D eigenvalue weighted by molar-refractivity contribution is 9.10. The molecule has 21 heavy (non-hydrogen) atoms. The van der Waals surface area contributed by atoms with Crippen LogP contribution in [0.25, 0.3) is 0 Å². The van der Waals surface area contributed by atoms with Crippen LogP contribution in [0, 0.1) is 0 Å². The third-order valence-corrected chi connectivity index (χ3v) is 3.93. The Morgan fingerprint density at radius 3 is 2.90 bits per heavy atom. The van der Waals surface area contributed by atoms with Crippen LogP contribution in [-0.2, 0) is 9.47 Å². The van der Waals surface area contributed by atoms with Crippen molar-refractivity contribution in [2.24, 2.45) is 0 Å². The molecule has 1 fully saturated rings. The lowest BCUT2D eigenvalue weighted by molar-refractivity contribution is 0.0476. The molecule has 0 bridgehead atoms. The first kappa shape index (κ1) is 16.7. The third kappa shape index (κ3) is 4.92. The minimum absolute atomic E-state index is 0.0911. The molecule has 0 atom stereocenters. The van der Waals surface area contributed by atoms with Crippen molar-refractivity contribution in [3.05, 3.63) is 27.5 Å². The van der Waals surface area contributed by atoms with Gasteiger partial charge in [-0.1, -0.05) is 11.6 Å². The van der Waals surface area contributed by atoms with E-state index in [1.807, 2.05) is 4.90 Å². The standard InChI is InChI=1S/C14H18BrClN2O3/c1-20-6-7-21-5-4-18(11-2-3-11)14(19)12-8-10(15)9-17-13(12)16/h8-9,11H,2-7H2,1H3. The van der Waals surface area contributed by atoms with Gasteiger partial charge in [0.25, 0.3) is 5.91 Å². The van der Waals surface area contributed by atoms with Crippen molar-refractivity contribution in [3.8, 4) is 0 Å². The van der Waals surface area contributed by atoms with Crippen LogP contribution >= 0.6 is 27.5 Å². The zero-order valence-electron chi connectivity index (χ0n) is 11.8. The number of pyridine rings is 1. The molecule has 0 spiro atoms. The van der Waals surface area contributed by atoms with E-state index >= 15 is 0 Å². The molecular formula is C14H18BrClN2O3. The normalized spacial score (nSPS) is 14.2. The Kier molecular flexibility index (Phi) is 6.41. The first-order valence-corrected chi connectivity index (χ1v) is 7.99. The van der Waals surface area contributed by atoms with Crippen LogP contribution in [0.4, 0.5) is 0 Å². The van der Waals surface area contributed by atoms with Crippen LogP contribution in [0.15, 0.2) is 16.7 Å². The van der Waals surface area contributed by atoms with Crippen molar-refractivity contribution in [2.75, 3.05) is 33.5 Å². The molecule has 1 aromatic heterocycles. The van der Waals surface area contributed by atoms with E-state index in [-0.39, 0.29) is 11.1 Å². The lowest BCUT2D eigenvalue weighted by atomic mass is 10.2. The van der Waals surface area contributed by atoms with E-state index in [2.05, 4.69) is 20.9 Å². The molecule has 7 heteroatoms. The number of ether oxygens (including phenoxy) is 2. The van der Waals surface area contributed by atoms with Gasteiger partial charge in [0.05, 0.1) is 25.4 Å². The molecule has 1 aliphatic carbocycles. The number of methoxy groups -OCH3 is 1. The largest absolute Gasteiger partial charge is 0.382 e. The fraction of sp³-hybridized carbons (Fsp3) is 0.571. The quantitative estimate of drug-likeness (QED) is 0.516. The van der Waals surface area contributed by atoms with Crippen LogP contribution in [-0.4, -0.2) is 55.3 Å². The Hall–Kier alpha value is -0.690. The van der Waals surface area contributed by atoms with E-state index < -0.39 is 0 Å². The number of carbonyl (C=O) groups excluding carboxylic acids is 1. The minimum atomic E-state index is -0.0911. The average Bonchev–Trinajstić information content (AvgIpc) is 3.29. The molecule has 1 amide bonds. The van der Waals surface area contributed by atoms with Gasteiger partial charge in [-0.25, -0.2) is 4.98 Å². The van der Waals surface area contributed by atoms with Gasteiger partial charge < -0.3 is 14.4 Å². The Labute approximate surface area is 137 Å². The number of hydrogen-bond donors (Lipinski definition) is 0. The van der Waals surface area contributed by atoms with Gasteiger partial charge in [0.2, 0.25) is 0 Å². The van der Waals surface area contributed by atoms with E-state index in [4.69, 9.17) is 21.1 Å². The first-order chi connectivity index (χ1) is 10.1. The van der Waals surface area contributed by atoms with Gasteiger partial charge >= 0.3 is 0 Å². The number of aromatic nitrogens is 1. The summed E-state index contributed by atoms with van der Waals surface area (Å²) in [5, 5.41) is 0.231. The van der Waals surface area contributed by atoms with Gasteiger partial charge in [-0.15, -0.1) is 0 Å². The molecule has 0 unspecified atom stereocenters. The van der Waals surface area contributed by atoms with Crippen molar-refractivity contribution in [3.63, 3.8) is 0 Å². The number of carbonyl (C=O) groups is 1. The monoisotopic (exact) mass is 376 g/mol. The molecule has 0 aliphatic heterocycles. The van der Waals surface area contributed by atoms with Crippen LogP contribution < -0.4 is 0 Å². The number of rotatable bonds is 8. The summed E-state index contributed by atoms with van der Waals surface area (Å²) in [6.07, 6.45) is 3.64. The van der Waals surface area contributed by atoms with E-state index in [0.717, 1.165) is 17.3 Å². The van der Waals surface area contributed by atoms with E-state index in [0.29, 0.717) is 38.0 Å². The molecule has 0 radical (unpaired) electrons. The predicted molar refractivity (Wildman–Crippen MR) is 83.7 cm³/mol. The van der Waals surface area contributed by atoms with Crippen LogP contribution in [0.2, 0.25) is 5.15 Å². The minimum Gasteiger partial charge on any atom is -0.382 e. The van der Waals surface area contributed by atoms with Crippen LogP contribution in [0.1, 0.15) is 23.2 Å². The number of amides is 1. The van der Waals surface area contributed by atoms with Crippen molar-refractivity contribution < 1.29 is 14.3 Å². The molecule has 5 nitrogen and oxygen atoms in total. The maximum absolute atomic E-state index is 12.6. The molecule has 0 N–H and O–H groups in total. The highest BCUT2D eigenvalue weighted by Gasteiger charge is 2.33. The Morgan fingerprint density at radius 2 is 2.24 bits per heavy atom. The van der Waals surface area contributed by atoms with E-state index in [9.17, 15) is 4.79 Å². The highest BCUT2D eigenvalue weighted by atomic mass is 79.9. The van der Waals surface area contributed by atoms with E-state index in [1.54, 1.807) is 19.4 Å². The molecule has 1 heterocycles. The summed E-state index contributed by atoms with van der Waals surface area (Å²) in [5.41, 5.74) is 0.426. The Morgan fingerprint density at radius 1 is 1.48 bits per heavy atom. The maximum Gasteiger partial charge on any atom is 0.257 e. The summed E-state index contributed by atoms with van der Waals surface area (Å²) >= 11 is 9.35. The van der Waals surface area contributed by atoms with Crippen molar-refractivity contribution in [2.45, 2.75) is 18.9 Å². The first-order valence-electron chi connectivity index (χ1n) is 6.82. The molecular weight excluding hydrogens is 360 g/mol. The average molecular weight is 378 g/mol. The smallest absolute Gasteiger partial charge is 0.257 e. The number of hydrogen-bond acceptors (Lipinski definition) is 4. The van der Waals surface area contributed by atoms with Gasteiger partial charge in [0, 0.05) is 30.4 Å². The summed E-state index contributed by atoms with van der Waals surface area (Å²) in [6, 6.07) is 2.00. The van der Waals surface area contributed by atoms with Gasteiger partial charge in [-0.2, -0.15) is 0 Å². The van der Waals surface area contributed by atoms with Gasteiger partial charge in [0.1, 0.15) is 5.15 Å². The summed E-state index contributed by atoms with van der Waals surface area (Å²) < 4.78 is 11.1. The van der Waals surface area contributed by atoms with Crippen molar-refractivity contribution in [1.82, 2.24) is 9.88 Å².